The number of rotatable bonds is 23. The molecule has 0 radical (unpaired) electrons. The Morgan fingerprint density at radius 1 is 0.354 bits per heavy atom. The van der Waals surface area contributed by atoms with Gasteiger partial charge in [0.25, 0.3) is 0 Å². The van der Waals surface area contributed by atoms with Crippen molar-refractivity contribution in [2.75, 3.05) is 0 Å². The van der Waals surface area contributed by atoms with Gasteiger partial charge in [-0.15, -0.1) is 0 Å². The lowest BCUT2D eigenvalue weighted by Crippen LogP contribution is -2.30. The Morgan fingerprint density at radius 3 is 1.15 bits per heavy atom. The first-order valence-electron chi connectivity index (χ1n) is 26.3. The predicted octanol–water partition coefficient (Wildman–Crippen LogP) is 19.1. The number of unbranched alkanes of at least 4 members (excludes halogenated alkanes) is 12. The topological polar surface area (TPSA) is 0 Å². The van der Waals surface area contributed by atoms with Crippen molar-refractivity contribution in [3.8, 4) is 22.3 Å². The molecule has 338 valence electrons. The van der Waals surface area contributed by atoms with Gasteiger partial charge in [-0.2, -0.15) is 0 Å². The molecule has 0 heterocycles. The maximum atomic E-state index is 2.68. The van der Waals surface area contributed by atoms with Gasteiger partial charge in [0, 0.05) is 0 Å². The Kier molecular flexibility index (Phi) is 15.8. The van der Waals surface area contributed by atoms with Crippen LogP contribution in [0.3, 0.4) is 0 Å². The van der Waals surface area contributed by atoms with Gasteiger partial charge < -0.3 is 0 Å². The molecule has 0 aliphatic heterocycles. The summed E-state index contributed by atoms with van der Waals surface area (Å²) in [5.41, 5.74) is 19.6. The summed E-state index contributed by atoms with van der Waals surface area (Å²) in [4.78, 5) is 0. The van der Waals surface area contributed by atoms with Gasteiger partial charge in [0.05, 0.1) is 5.41 Å². The molecule has 0 spiro atoms. The predicted molar refractivity (Wildman–Crippen MR) is 285 cm³/mol. The van der Waals surface area contributed by atoms with E-state index >= 15 is 0 Å². The van der Waals surface area contributed by atoms with E-state index in [4.69, 9.17) is 0 Å². The lowest BCUT2D eigenvalue weighted by Gasteiger charge is -2.36. The zero-order chi connectivity index (χ0) is 45.2. The Balaban J connectivity index is 1.45. The molecule has 0 heteroatoms. The van der Waals surface area contributed by atoms with Crippen LogP contribution < -0.4 is 0 Å². The lowest BCUT2D eigenvalue weighted by molar-refractivity contribution is 0.655. The van der Waals surface area contributed by atoms with E-state index in [1.807, 2.05) is 0 Å². The number of fused-ring (bicyclic) bond motifs is 5. The summed E-state index contributed by atoms with van der Waals surface area (Å²) in [5.74, 6) is 0. The lowest BCUT2D eigenvalue weighted by atomic mass is 9.65. The summed E-state index contributed by atoms with van der Waals surface area (Å²) in [6, 6.07) is 49.2. The highest BCUT2D eigenvalue weighted by Gasteiger charge is 2.47. The largest absolute Gasteiger partial charge is 0.0714 e. The standard InChI is InChI=1S/C65H78/c1-7-11-15-19-27-49-40-50(28-20-16-12-8-2)43-54(42-49)65(55-44-51(29-21-17-13-9-3)41-52(45-55)30-22-18-14-10-4)62-39-47(5)35-37-58(62)59-38-36-53(46-63(59)65)64-60-33-25-23-31-56(60)48(6)57-32-24-26-34-61(57)64/h23-26,31-46H,7-22,27-30H2,1-6H3. The summed E-state index contributed by atoms with van der Waals surface area (Å²) in [6.45, 7) is 14.0. The quantitative estimate of drug-likeness (QED) is 0.0444. The van der Waals surface area contributed by atoms with E-state index in [0.717, 1.165) is 25.7 Å². The normalized spacial score (nSPS) is 12.9. The molecular formula is C65H78. The van der Waals surface area contributed by atoms with E-state index in [9.17, 15) is 0 Å². The Hall–Kier alpha value is -4.94. The second-order valence-electron chi connectivity index (χ2n) is 20.0. The zero-order valence-corrected chi connectivity index (χ0v) is 41.2. The minimum Gasteiger partial charge on any atom is -0.0654 e. The zero-order valence-electron chi connectivity index (χ0n) is 41.2. The van der Waals surface area contributed by atoms with Crippen LogP contribution in [0.5, 0.6) is 0 Å². The number of benzene rings is 7. The molecule has 0 amide bonds. The molecule has 0 bridgehead atoms. The van der Waals surface area contributed by atoms with E-state index in [1.165, 1.54) is 202 Å². The van der Waals surface area contributed by atoms with Crippen molar-refractivity contribution in [1.82, 2.24) is 0 Å². The Labute approximate surface area is 394 Å². The van der Waals surface area contributed by atoms with Gasteiger partial charge in [0.15, 0.2) is 0 Å². The smallest absolute Gasteiger partial charge is 0.0654 e. The maximum Gasteiger partial charge on any atom is 0.0714 e. The fourth-order valence-corrected chi connectivity index (χ4v) is 11.6. The van der Waals surface area contributed by atoms with Crippen LogP contribution in [0, 0.1) is 13.8 Å². The van der Waals surface area contributed by atoms with Crippen molar-refractivity contribution in [2.45, 2.75) is 175 Å². The number of hydrogen-bond acceptors (Lipinski definition) is 0. The van der Waals surface area contributed by atoms with Crippen molar-refractivity contribution in [3.05, 3.63) is 177 Å². The van der Waals surface area contributed by atoms with Crippen molar-refractivity contribution in [1.29, 1.82) is 0 Å². The summed E-state index contributed by atoms with van der Waals surface area (Å²) < 4.78 is 0. The fourth-order valence-electron chi connectivity index (χ4n) is 11.6. The molecular weight excluding hydrogens is 781 g/mol. The molecule has 1 aliphatic carbocycles. The summed E-state index contributed by atoms with van der Waals surface area (Å²) >= 11 is 0. The monoisotopic (exact) mass is 859 g/mol. The molecule has 7 aromatic rings. The van der Waals surface area contributed by atoms with Crippen molar-refractivity contribution < 1.29 is 0 Å². The van der Waals surface area contributed by atoms with Crippen molar-refractivity contribution in [3.63, 3.8) is 0 Å². The third-order valence-electron chi connectivity index (χ3n) is 15.0. The van der Waals surface area contributed by atoms with Crippen LogP contribution in [0.1, 0.15) is 186 Å². The first-order valence-corrected chi connectivity index (χ1v) is 26.3. The number of hydrogen-bond donors (Lipinski definition) is 0. The minimum atomic E-state index is -0.474. The van der Waals surface area contributed by atoms with Crippen LogP contribution in [-0.4, -0.2) is 0 Å². The summed E-state index contributed by atoms with van der Waals surface area (Å²) in [6.07, 6.45) is 25.0. The van der Waals surface area contributed by atoms with Crippen molar-refractivity contribution in [2.24, 2.45) is 0 Å². The van der Waals surface area contributed by atoms with Crippen LogP contribution in [0.15, 0.2) is 121 Å². The van der Waals surface area contributed by atoms with Gasteiger partial charge in [-0.05, 0) is 165 Å². The van der Waals surface area contributed by atoms with Gasteiger partial charge in [-0.25, -0.2) is 0 Å². The highest BCUT2D eigenvalue weighted by Crippen LogP contribution is 2.58. The van der Waals surface area contributed by atoms with Crippen molar-refractivity contribution >= 4 is 21.5 Å². The molecule has 1 aliphatic rings. The molecule has 0 fully saturated rings. The van der Waals surface area contributed by atoms with Gasteiger partial charge in [-0.1, -0.05) is 226 Å². The second-order valence-corrected chi connectivity index (χ2v) is 20.0. The van der Waals surface area contributed by atoms with E-state index in [1.54, 1.807) is 0 Å². The van der Waals surface area contributed by atoms with Gasteiger partial charge >= 0.3 is 0 Å². The SMILES string of the molecule is CCCCCCc1cc(CCCCCC)cc(C2(c3cc(CCCCCC)cc(CCCCCC)c3)c3cc(C)ccc3-c3ccc(-c4c5ccccc5c(C)c5ccccc45)cc32)c1. The average molecular weight is 859 g/mol. The molecule has 7 aromatic carbocycles. The van der Waals surface area contributed by atoms with Gasteiger partial charge in [0.1, 0.15) is 0 Å². The summed E-state index contributed by atoms with van der Waals surface area (Å²) in [7, 11) is 0. The van der Waals surface area contributed by atoms with Crippen LogP contribution in [-0.2, 0) is 31.1 Å². The molecule has 0 aromatic heterocycles. The van der Waals surface area contributed by atoms with E-state index in [2.05, 4.69) is 163 Å². The van der Waals surface area contributed by atoms with Crippen LogP contribution in [0.4, 0.5) is 0 Å². The van der Waals surface area contributed by atoms with E-state index in [0.29, 0.717) is 0 Å². The van der Waals surface area contributed by atoms with Gasteiger partial charge in [0.2, 0.25) is 0 Å². The third-order valence-corrected chi connectivity index (χ3v) is 15.0. The number of aryl methyl sites for hydroxylation is 6. The molecule has 0 atom stereocenters. The second kappa shape index (κ2) is 22.0. The minimum absolute atomic E-state index is 0.474. The van der Waals surface area contributed by atoms with Crippen LogP contribution in [0.25, 0.3) is 43.8 Å². The highest BCUT2D eigenvalue weighted by atomic mass is 14.5. The van der Waals surface area contributed by atoms with E-state index < -0.39 is 5.41 Å². The highest BCUT2D eigenvalue weighted by molar-refractivity contribution is 6.15. The molecule has 0 N–H and O–H groups in total. The molecule has 0 nitrogen and oxygen atoms in total. The van der Waals surface area contributed by atoms with Crippen LogP contribution in [0.2, 0.25) is 0 Å². The fraction of sp³-hybridized carbons (Fsp3) is 0.415. The molecule has 0 saturated heterocycles. The molecule has 0 saturated carbocycles. The molecule has 65 heavy (non-hydrogen) atoms. The Morgan fingerprint density at radius 2 is 0.738 bits per heavy atom. The first kappa shape index (κ1) is 46.6. The van der Waals surface area contributed by atoms with E-state index in [-0.39, 0.29) is 0 Å². The molecule has 0 unspecified atom stereocenters. The first-order chi connectivity index (χ1) is 31.9. The Bertz CT molecular complexity index is 2500. The third kappa shape index (κ3) is 9.94. The maximum absolute atomic E-state index is 2.68. The average Bonchev–Trinajstić information content (AvgIpc) is 3.61. The summed E-state index contributed by atoms with van der Waals surface area (Å²) in [5, 5.41) is 5.37. The van der Waals surface area contributed by atoms with Gasteiger partial charge in [-0.3, -0.25) is 0 Å². The molecule has 8 rings (SSSR count). The van der Waals surface area contributed by atoms with Crippen LogP contribution >= 0.6 is 0 Å².